The molecule has 1 unspecified atom stereocenters. The molecule has 3 heterocycles. The van der Waals surface area contributed by atoms with Crippen molar-refractivity contribution in [3.05, 3.63) is 29.5 Å². The maximum absolute atomic E-state index is 11.9. The minimum absolute atomic E-state index is 0.0798. The summed E-state index contributed by atoms with van der Waals surface area (Å²) in [6.45, 7) is 4.61. The van der Waals surface area contributed by atoms with Crippen LogP contribution in [0.2, 0.25) is 0 Å². The molecule has 0 saturated carbocycles. The van der Waals surface area contributed by atoms with E-state index in [1.165, 1.54) is 0 Å². The Morgan fingerprint density at radius 3 is 2.79 bits per heavy atom. The van der Waals surface area contributed by atoms with E-state index in [1.54, 1.807) is 4.90 Å². The van der Waals surface area contributed by atoms with Crippen LogP contribution in [0.5, 0.6) is 0 Å². The molecule has 0 spiro atoms. The third kappa shape index (κ3) is 2.18. The Bertz CT molecular complexity index is 671. The summed E-state index contributed by atoms with van der Waals surface area (Å²) < 4.78 is 0. The van der Waals surface area contributed by atoms with Crippen LogP contribution in [0.4, 0.5) is 5.82 Å². The van der Waals surface area contributed by atoms with Crippen LogP contribution in [0.1, 0.15) is 17.7 Å². The summed E-state index contributed by atoms with van der Waals surface area (Å²) in [5.74, 6) is 0.753. The van der Waals surface area contributed by atoms with E-state index in [9.17, 15) is 4.79 Å². The number of carbonyl (C=O) groups excluding carboxylic acids is 1. The quantitative estimate of drug-likeness (QED) is 0.811. The summed E-state index contributed by atoms with van der Waals surface area (Å²) in [5.41, 5.74) is 2.79. The van der Waals surface area contributed by atoms with E-state index in [0.717, 1.165) is 16.6 Å². The fourth-order valence-corrected chi connectivity index (χ4v) is 2.80. The monoisotopic (exact) mass is 273 g/mol. The van der Waals surface area contributed by atoms with Crippen molar-refractivity contribution in [2.24, 2.45) is 0 Å². The predicted molar refractivity (Wildman–Crippen MR) is 78.8 cm³/mol. The van der Waals surface area contributed by atoms with Gasteiger partial charge in [0.2, 0.25) is 5.91 Å². The molecule has 0 radical (unpaired) electrons. The number of fused-ring (bicyclic) bond motifs is 1. The molecule has 2 aromatic heterocycles. The predicted octanol–water partition coefficient (Wildman–Crippen LogP) is 2.28. The Morgan fingerprint density at radius 2 is 2.11 bits per heavy atom. The van der Waals surface area contributed by atoms with Crippen LogP contribution < -0.4 is 4.90 Å². The standard InChI is InChI=1S/C14H15N3OS/c1-8-5-9(2)15-14-11(8)3-4-12(16-14)17-7-10(19)6-13(17)18/h3-5,10,19H,6-7H2,1-2H3. The van der Waals surface area contributed by atoms with Gasteiger partial charge in [-0.3, -0.25) is 9.69 Å². The number of nitrogens with zero attached hydrogens (tertiary/aromatic N) is 3. The second-order valence-corrected chi connectivity index (χ2v) is 5.71. The molecule has 1 aliphatic rings. The van der Waals surface area contributed by atoms with Crippen molar-refractivity contribution < 1.29 is 4.79 Å². The lowest BCUT2D eigenvalue weighted by Gasteiger charge is -2.15. The fourth-order valence-electron chi connectivity index (χ4n) is 2.48. The van der Waals surface area contributed by atoms with Gasteiger partial charge in [0.05, 0.1) is 0 Å². The molecule has 1 aliphatic heterocycles. The smallest absolute Gasteiger partial charge is 0.229 e. The van der Waals surface area contributed by atoms with Crippen LogP contribution in [0, 0.1) is 13.8 Å². The van der Waals surface area contributed by atoms with Gasteiger partial charge in [-0.2, -0.15) is 12.6 Å². The molecule has 4 nitrogen and oxygen atoms in total. The van der Waals surface area contributed by atoms with Crippen molar-refractivity contribution in [3.63, 3.8) is 0 Å². The number of hydrogen-bond donors (Lipinski definition) is 1. The Morgan fingerprint density at radius 1 is 1.32 bits per heavy atom. The normalized spacial score (nSPS) is 19.4. The van der Waals surface area contributed by atoms with Crippen LogP contribution in [-0.2, 0) is 4.79 Å². The summed E-state index contributed by atoms with van der Waals surface area (Å²) in [6, 6.07) is 5.91. The molecule has 19 heavy (non-hydrogen) atoms. The van der Waals surface area contributed by atoms with Gasteiger partial charge < -0.3 is 0 Å². The molecule has 1 amide bonds. The summed E-state index contributed by atoms with van der Waals surface area (Å²) in [4.78, 5) is 22.5. The van der Waals surface area contributed by atoms with Crippen molar-refractivity contribution in [3.8, 4) is 0 Å². The van der Waals surface area contributed by atoms with Crippen molar-refractivity contribution in [2.75, 3.05) is 11.4 Å². The van der Waals surface area contributed by atoms with Gasteiger partial charge in [-0.15, -0.1) is 0 Å². The topological polar surface area (TPSA) is 46.1 Å². The molecule has 1 fully saturated rings. The van der Waals surface area contributed by atoms with Gasteiger partial charge in [0, 0.05) is 29.3 Å². The lowest BCUT2D eigenvalue weighted by atomic mass is 10.1. The number of aryl methyl sites for hydroxylation is 2. The Hall–Kier alpha value is -1.62. The first-order valence-electron chi connectivity index (χ1n) is 6.28. The minimum Gasteiger partial charge on any atom is -0.296 e. The zero-order valence-corrected chi connectivity index (χ0v) is 11.8. The zero-order valence-electron chi connectivity index (χ0n) is 10.9. The molecular weight excluding hydrogens is 258 g/mol. The van der Waals surface area contributed by atoms with E-state index in [2.05, 4.69) is 22.6 Å². The Kier molecular flexibility index (Phi) is 2.93. The van der Waals surface area contributed by atoms with E-state index >= 15 is 0 Å². The highest BCUT2D eigenvalue weighted by Gasteiger charge is 2.29. The lowest BCUT2D eigenvalue weighted by Crippen LogP contribution is -2.25. The SMILES string of the molecule is Cc1cc(C)c2ccc(N3CC(S)CC3=O)nc2n1. The molecule has 1 atom stereocenters. The molecule has 0 bridgehead atoms. The minimum atomic E-state index is 0.0798. The number of anilines is 1. The Labute approximate surface area is 117 Å². The van der Waals surface area contributed by atoms with Gasteiger partial charge in [-0.25, -0.2) is 9.97 Å². The molecule has 0 aromatic carbocycles. The van der Waals surface area contributed by atoms with Gasteiger partial charge >= 0.3 is 0 Å². The van der Waals surface area contributed by atoms with E-state index in [1.807, 2.05) is 32.0 Å². The zero-order chi connectivity index (χ0) is 13.6. The number of rotatable bonds is 1. The molecule has 1 saturated heterocycles. The maximum Gasteiger partial charge on any atom is 0.229 e. The second-order valence-electron chi connectivity index (χ2n) is 4.98. The van der Waals surface area contributed by atoms with Gasteiger partial charge in [-0.05, 0) is 37.6 Å². The van der Waals surface area contributed by atoms with Crippen LogP contribution in [-0.4, -0.2) is 27.7 Å². The Balaban J connectivity index is 2.09. The highest BCUT2D eigenvalue weighted by molar-refractivity contribution is 7.81. The number of aromatic nitrogens is 2. The molecule has 98 valence electrons. The third-order valence-corrected chi connectivity index (χ3v) is 3.72. The van der Waals surface area contributed by atoms with Gasteiger partial charge in [0.15, 0.2) is 5.65 Å². The average molecular weight is 273 g/mol. The van der Waals surface area contributed by atoms with Crippen LogP contribution >= 0.6 is 12.6 Å². The van der Waals surface area contributed by atoms with E-state index in [-0.39, 0.29) is 11.2 Å². The highest BCUT2D eigenvalue weighted by Crippen LogP contribution is 2.25. The summed E-state index contributed by atoms with van der Waals surface area (Å²) in [7, 11) is 0. The highest BCUT2D eigenvalue weighted by atomic mass is 32.1. The second kappa shape index (κ2) is 4.49. The largest absolute Gasteiger partial charge is 0.296 e. The van der Waals surface area contributed by atoms with E-state index in [0.29, 0.717) is 24.4 Å². The number of carbonyl (C=O) groups is 1. The van der Waals surface area contributed by atoms with E-state index < -0.39 is 0 Å². The first-order chi connectivity index (χ1) is 9.04. The number of amides is 1. The number of thiol groups is 1. The summed E-state index contributed by atoms with van der Waals surface area (Å²) >= 11 is 4.36. The summed E-state index contributed by atoms with van der Waals surface area (Å²) in [6.07, 6.45) is 0.475. The van der Waals surface area contributed by atoms with E-state index in [4.69, 9.17) is 0 Å². The van der Waals surface area contributed by atoms with Crippen LogP contribution in [0.3, 0.4) is 0 Å². The molecule has 0 N–H and O–H groups in total. The molecule has 2 aromatic rings. The number of pyridine rings is 2. The van der Waals surface area contributed by atoms with Gasteiger partial charge in [-0.1, -0.05) is 0 Å². The number of hydrogen-bond acceptors (Lipinski definition) is 4. The van der Waals surface area contributed by atoms with Gasteiger partial charge in [0.1, 0.15) is 5.82 Å². The van der Waals surface area contributed by atoms with Crippen LogP contribution in [0.15, 0.2) is 18.2 Å². The molecule has 3 rings (SSSR count). The summed E-state index contributed by atoms with van der Waals surface area (Å²) in [5, 5.41) is 1.13. The first kappa shape index (κ1) is 12.4. The van der Waals surface area contributed by atoms with Crippen molar-refractivity contribution in [2.45, 2.75) is 25.5 Å². The van der Waals surface area contributed by atoms with Crippen molar-refractivity contribution in [1.29, 1.82) is 0 Å². The van der Waals surface area contributed by atoms with Crippen molar-refractivity contribution in [1.82, 2.24) is 9.97 Å². The molecule has 0 aliphatic carbocycles. The first-order valence-corrected chi connectivity index (χ1v) is 6.79. The molecule has 5 heteroatoms. The fraction of sp³-hybridized carbons (Fsp3) is 0.357. The van der Waals surface area contributed by atoms with Gasteiger partial charge in [0.25, 0.3) is 0 Å². The third-order valence-electron chi connectivity index (χ3n) is 3.37. The lowest BCUT2D eigenvalue weighted by molar-refractivity contribution is -0.117. The van der Waals surface area contributed by atoms with Crippen molar-refractivity contribution >= 4 is 35.4 Å². The maximum atomic E-state index is 11.9. The average Bonchev–Trinajstić information content (AvgIpc) is 2.67. The molecular formula is C14H15N3OS. The van der Waals surface area contributed by atoms with Crippen LogP contribution in [0.25, 0.3) is 11.0 Å².